The Labute approximate surface area is 171 Å². The van der Waals surface area contributed by atoms with Crippen molar-refractivity contribution >= 4 is 17.4 Å². The van der Waals surface area contributed by atoms with Gasteiger partial charge in [-0.15, -0.1) is 0 Å². The number of alkyl halides is 3. The lowest BCUT2D eigenvalue weighted by Crippen LogP contribution is -2.20. The number of methoxy groups -OCH3 is 1. The van der Waals surface area contributed by atoms with E-state index in [2.05, 4.69) is 15.3 Å². The molecule has 0 aliphatic carbocycles. The molecule has 160 valence electrons. The summed E-state index contributed by atoms with van der Waals surface area (Å²) in [6, 6.07) is 5.99. The molecule has 1 heterocycles. The van der Waals surface area contributed by atoms with E-state index >= 15 is 0 Å². The van der Waals surface area contributed by atoms with E-state index in [0.29, 0.717) is 11.1 Å². The lowest BCUT2D eigenvalue weighted by molar-refractivity contribution is -0.137. The van der Waals surface area contributed by atoms with Gasteiger partial charge in [0.15, 0.2) is 5.71 Å². The number of esters is 1. The first-order chi connectivity index (χ1) is 14.2. The molecule has 10 heteroatoms. The van der Waals surface area contributed by atoms with Gasteiger partial charge < -0.3 is 14.4 Å². The monoisotopic (exact) mass is 423 g/mol. The zero-order valence-corrected chi connectivity index (χ0v) is 16.8. The van der Waals surface area contributed by atoms with Crippen molar-refractivity contribution in [1.29, 1.82) is 0 Å². The van der Waals surface area contributed by atoms with Gasteiger partial charge in [0.1, 0.15) is 13.7 Å². The first kappa shape index (κ1) is 22.9. The number of aryl methyl sites for hydroxylation is 1. The van der Waals surface area contributed by atoms with Gasteiger partial charge >= 0.3 is 12.1 Å². The summed E-state index contributed by atoms with van der Waals surface area (Å²) in [6.07, 6.45) is -2.42. The van der Waals surface area contributed by atoms with Crippen molar-refractivity contribution in [2.75, 3.05) is 14.2 Å². The Balaban J connectivity index is 2.33. The lowest BCUT2D eigenvalue weighted by Gasteiger charge is -2.13. The van der Waals surface area contributed by atoms with Crippen molar-refractivity contribution in [3.63, 3.8) is 0 Å². The minimum Gasteiger partial charge on any atom is -0.464 e. The molecule has 0 aliphatic rings. The van der Waals surface area contributed by atoms with Crippen LogP contribution in [-0.2, 0) is 32.0 Å². The van der Waals surface area contributed by atoms with Gasteiger partial charge in [0.2, 0.25) is 0 Å². The van der Waals surface area contributed by atoms with Crippen LogP contribution < -0.4 is 0 Å². The van der Waals surface area contributed by atoms with E-state index < -0.39 is 17.7 Å². The number of oxime groups is 2. The summed E-state index contributed by atoms with van der Waals surface area (Å²) in [6.45, 7) is 3.04. The van der Waals surface area contributed by atoms with E-state index in [1.165, 1.54) is 21.1 Å². The molecule has 0 N–H and O–H groups in total. The summed E-state index contributed by atoms with van der Waals surface area (Å²) < 4.78 is 44.3. The number of carbonyl (C=O) groups is 1. The highest BCUT2D eigenvalue weighted by atomic mass is 19.4. The smallest absolute Gasteiger partial charge is 0.417 e. The van der Waals surface area contributed by atoms with E-state index in [1.807, 2.05) is 0 Å². The highest BCUT2D eigenvalue weighted by Gasteiger charge is 2.34. The molecule has 0 spiro atoms. The van der Waals surface area contributed by atoms with Crippen molar-refractivity contribution in [1.82, 2.24) is 4.98 Å². The second kappa shape index (κ2) is 9.86. The Hall–Kier alpha value is -3.43. The largest absolute Gasteiger partial charge is 0.464 e. The average Bonchev–Trinajstić information content (AvgIpc) is 2.72. The summed E-state index contributed by atoms with van der Waals surface area (Å²) in [5, 5.41) is 7.52. The molecule has 0 radical (unpaired) electrons. The van der Waals surface area contributed by atoms with Crippen LogP contribution in [0.25, 0.3) is 0 Å². The molecule has 0 saturated carbocycles. The Morgan fingerprint density at radius 2 is 1.87 bits per heavy atom. The first-order valence-electron chi connectivity index (χ1n) is 8.67. The quantitative estimate of drug-likeness (QED) is 0.384. The van der Waals surface area contributed by atoms with Crippen LogP contribution in [0.3, 0.4) is 0 Å². The maximum atomic E-state index is 13.2. The fourth-order valence-corrected chi connectivity index (χ4v) is 2.67. The highest BCUT2D eigenvalue weighted by Crippen LogP contribution is 2.31. The fourth-order valence-electron chi connectivity index (χ4n) is 2.67. The second-order valence-corrected chi connectivity index (χ2v) is 6.08. The molecule has 7 nitrogen and oxygen atoms in total. The predicted molar refractivity (Wildman–Crippen MR) is 103 cm³/mol. The van der Waals surface area contributed by atoms with E-state index in [-0.39, 0.29) is 23.6 Å². The minimum absolute atomic E-state index is 0.00399. The first-order valence-corrected chi connectivity index (χ1v) is 8.67. The molecule has 0 amide bonds. The van der Waals surface area contributed by atoms with Gasteiger partial charge in [-0.05, 0) is 25.5 Å². The molecule has 0 unspecified atom stereocenters. The molecule has 0 aliphatic heterocycles. The number of pyridine rings is 1. The van der Waals surface area contributed by atoms with Crippen LogP contribution in [-0.4, -0.2) is 36.6 Å². The van der Waals surface area contributed by atoms with Crippen LogP contribution >= 0.6 is 0 Å². The number of aromatic nitrogens is 1. The fraction of sp³-hybridized carbons (Fsp3) is 0.300. The number of carbonyl (C=O) groups excluding carboxylic acids is 1. The zero-order chi connectivity index (χ0) is 22.3. The van der Waals surface area contributed by atoms with E-state index in [0.717, 1.165) is 24.0 Å². The maximum Gasteiger partial charge on any atom is 0.417 e. The summed E-state index contributed by atoms with van der Waals surface area (Å²) in [5.41, 5.74) is 0.584. The van der Waals surface area contributed by atoms with Crippen LogP contribution in [0.2, 0.25) is 0 Å². The third-order valence-electron chi connectivity index (χ3n) is 4.15. The number of ether oxygens (including phenoxy) is 1. The molecule has 1 aromatic carbocycles. The van der Waals surface area contributed by atoms with Crippen molar-refractivity contribution in [3.8, 4) is 0 Å². The van der Waals surface area contributed by atoms with Gasteiger partial charge in [0.25, 0.3) is 0 Å². The molecular weight excluding hydrogens is 403 g/mol. The van der Waals surface area contributed by atoms with Gasteiger partial charge in [-0.2, -0.15) is 13.2 Å². The normalized spacial score (nSPS) is 12.5. The third-order valence-corrected chi connectivity index (χ3v) is 4.15. The van der Waals surface area contributed by atoms with Crippen molar-refractivity contribution in [2.24, 2.45) is 10.3 Å². The van der Waals surface area contributed by atoms with E-state index in [4.69, 9.17) is 14.4 Å². The number of halogens is 3. The molecule has 1 aromatic heterocycles. The minimum atomic E-state index is -4.55. The van der Waals surface area contributed by atoms with Crippen LogP contribution in [0.5, 0.6) is 0 Å². The Morgan fingerprint density at radius 3 is 2.50 bits per heavy atom. The Bertz CT molecular complexity index is 972. The Morgan fingerprint density at radius 1 is 1.13 bits per heavy atom. The summed E-state index contributed by atoms with van der Waals surface area (Å²) in [7, 11) is 2.49. The number of benzene rings is 1. The number of nitrogens with zero attached hydrogens (tertiary/aromatic N) is 3. The summed E-state index contributed by atoms with van der Waals surface area (Å²) in [5.74, 6) is -0.714. The van der Waals surface area contributed by atoms with Gasteiger partial charge in [-0.1, -0.05) is 28.5 Å². The molecular formula is C20H20F3N3O4. The van der Waals surface area contributed by atoms with E-state index in [1.54, 1.807) is 25.1 Å². The van der Waals surface area contributed by atoms with Crippen molar-refractivity contribution in [2.45, 2.75) is 26.6 Å². The molecule has 0 fully saturated rings. The van der Waals surface area contributed by atoms with Crippen molar-refractivity contribution in [3.05, 3.63) is 64.5 Å². The molecule has 2 rings (SSSR count). The summed E-state index contributed by atoms with van der Waals surface area (Å²) >= 11 is 0. The molecule has 2 aromatic rings. The van der Waals surface area contributed by atoms with Crippen LogP contribution in [0.1, 0.15) is 34.7 Å². The SMILES string of the molecule is CO/N=C(/C(=O)OC)c1cccc(C)c1CO/N=C(\C)c1cnccc1C(F)(F)F. The predicted octanol–water partition coefficient (Wildman–Crippen LogP) is 3.87. The topological polar surface area (TPSA) is 82.4 Å². The maximum absolute atomic E-state index is 13.2. The van der Waals surface area contributed by atoms with Crippen LogP contribution in [0.15, 0.2) is 47.0 Å². The van der Waals surface area contributed by atoms with Crippen LogP contribution in [0, 0.1) is 6.92 Å². The molecule has 0 atom stereocenters. The molecule has 0 bridgehead atoms. The molecule has 30 heavy (non-hydrogen) atoms. The van der Waals surface area contributed by atoms with Gasteiger partial charge in [0.05, 0.1) is 18.4 Å². The standard InChI is InChI=1S/C20H20F3N3O4/c1-12-6-5-7-14(18(26-29-4)19(27)28-3)16(12)11-30-25-13(2)15-10-24-9-8-17(15)20(21,22)23/h5-10H,11H2,1-4H3/b25-13+,26-18+. The Kier molecular flexibility index (Phi) is 7.51. The van der Waals surface area contributed by atoms with Crippen molar-refractivity contribution < 1.29 is 32.4 Å². The van der Waals surface area contributed by atoms with Gasteiger partial charge in [-0.25, -0.2) is 4.79 Å². The second-order valence-electron chi connectivity index (χ2n) is 6.08. The summed E-state index contributed by atoms with van der Waals surface area (Å²) in [4.78, 5) is 25.8. The number of rotatable bonds is 7. The lowest BCUT2D eigenvalue weighted by atomic mass is 9.99. The number of hydrogen-bond acceptors (Lipinski definition) is 7. The zero-order valence-electron chi connectivity index (χ0n) is 16.8. The van der Waals surface area contributed by atoms with Crippen LogP contribution in [0.4, 0.5) is 13.2 Å². The van der Waals surface area contributed by atoms with E-state index in [9.17, 15) is 18.0 Å². The van der Waals surface area contributed by atoms with Gasteiger partial charge in [-0.3, -0.25) is 4.98 Å². The average molecular weight is 423 g/mol. The highest BCUT2D eigenvalue weighted by molar-refractivity contribution is 6.43. The third kappa shape index (κ3) is 5.34. The number of hydrogen-bond donors (Lipinski definition) is 0. The van der Waals surface area contributed by atoms with Gasteiger partial charge in [0, 0.05) is 29.1 Å². The molecule has 0 saturated heterocycles.